The van der Waals surface area contributed by atoms with Gasteiger partial charge in [0.2, 0.25) is 5.91 Å². The second-order valence-electron chi connectivity index (χ2n) is 8.28. The van der Waals surface area contributed by atoms with Crippen LogP contribution in [0.2, 0.25) is 0 Å². The van der Waals surface area contributed by atoms with Crippen LogP contribution in [0.15, 0.2) is 47.2 Å². The Bertz CT molecular complexity index is 1110. The lowest BCUT2D eigenvalue weighted by molar-refractivity contribution is 0.0925. The number of nitrogens with two attached hydrogens (primary N) is 1. The first-order chi connectivity index (χ1) is 14.5. The van der Waals surface area contributed by atoms with Gasteiger partial charge in [0.25, 0.3) is 5.91 Å². The van der Waals surface area contributed by atoms with Gasteiger partial charge in [0.05, 0.1) is 11.8 Å². The van der Waals surface area contributed by atoms with Crippen LogP contribution in [0.25, 0.3) is 11.0 Å². The minimum absolute atomic E-state index is 0. The Labute approximate surface area is 186 Å². The number of piperidine rings is 1. The van der Waals surface area contributed by atoms with Gasteiger partial charge in [-0.05, 0) is 56.9 Å². The summed E-state index contributed by atoms with van der Waals surface area (Å²) in [6.07, 6.45) is 7.10. The molecule has 8 heteroatoms. The quantitative estimate of drug-likeness (QED) is 0.645. The van der Waals surface area contributed by atoms with Crippen molar-refractivity contribution in [1.29, 1.82) is 0 Å². The van der Waals surface area contributed by atoms with Gasteiger partial charge < -0.3 is 20.4 Å². The van der Waals surface area contributed by atoms with Crippen LogP contribution in [-0.4, -0.2) is 34.9 Å². The molecule has 31 heavy (non-hydrogen) atoms. The van der Waals surface area contributed by atoms with Crippen LogP contribution >= 0.6 is 12.4 Å². The first kappa shape index (κ1) is 21.2. The van der Waals surface area contributed by atoms with Crippen LogP contribution in [0.5, 0.6) is 0 Å². The van der Waals surface area contributed by atoms with Crippen molar-refractivity contribution in [1.82, 2.24) is 10.3 Å². The number of anilines is 1. The molecule has 0 saturated carbocycles. The maximum Gasteiger partial charge on any atom is 0.251 e. The zero-order valence-electron chi connectivity index (χ0n) is 17.2. The summed E-state index contributed by atoms with van der Waals surface area (Å²) < 4.78 is 5.54. The van der Waals surface area contributed by atoms with E-state index in [1.807, 2.05) is 31.2 Å². The first-order valence-corrected chi connectivity index (χ1v) is 10.3. The van der Waals surface area contributed by atoms with Crippen molar-refractivity contribution in [2.75, 3.05) is 4.90 Å². The van der Waals surface area contributed by atoms with Gasteiger partial charge in [-0.3, -0.25) is 9.59 Å². The molecule has 2 fully saturated rings. The number of nitrogens with zero attached hydrogens (tertiary/aromatic N) is 2. The number of aryl methyl sites for hydroxylation is 1. The predicted octanol–water partition coefficient (Wildman–Crippen LogP) is 3.59. The molecule has 5 rings (SSSR count). The number of furan rings is 1. The van der Waals surface area contributed by atoms with E-state index in [4.69, 9.17) is 10.2 Å². The molecule has 2 saturated heterocycles. The molecule has 0 aliphatic carbocycles. The molecule has 2 aliphatic heterocycles. The van der Waals surface area contributed by atoms with Crippen molar-refractivity contribution in [2.24, 2.45) is 5.73 Å². The van der Waals surface area contributed by atoms with Crippen LogP contribution in [0.1, 0.15) is 52.0 Å². The van der Waals surface area contributed by atoms with Crippen molar-refractivity contribution in [3.05, 3.63) is 59.5 Å². The maximum absolute atomic E-state index is 13.0. The lowest BCUT2D eigenvalue weighted by Gasteiger charge is -2.40. The number of carbonyl (C=O) groups excluding carboxylic acids is 2. The van der Waals surface area contributed by atoms with Gasteiger partial charge in [-0.15, -0.1) is 12.4 Å². The highest BCUT2D eigenvalue weighted by atomic mass is 35.5. The van der Waals surface area contributed by atoms with E-state index in [9.17, 15) is 9.59 Å². The van der Waals surface area contributed by atoms with E-state index in [0.717, 1.165) is 48.0 Å². The van der Waals surface area contributed by atoms with Gasteiger partial charge in [-0.25, -0.2) is 4.98 Å². The summed E-state index contributed by atoms with van der Waals surface area (Å²) in [6, 6.07) is 10.1. The number of primary amides is 1. The minimum Gasteiger partial charge on any atom is -0.464 e. The molecule has 2 amide bonds. The molecule has 3 aromatic rings. The largest absolute Gasteiger partial charge is 0.464 e. The zero-order chi connectivity index (χ0) is 20.8. The lowest BCUT2D eigenvalue weighted by atomic mass is 9.96. The summed E-state index contributed by atoms with van der Waals surface area (Å²) in [5, 5.41) is 4.25. The van der Waals surface area contributed by atoms with E-state index in [1.54, 1.807) is 18.5 Å². The fourth-order valence-corrected chi connectivity index (χ4v) is 5.04. The molecule has 7 nitrogen and oxygen atoms in total. The normalized spacial score (nSPS) is 22.2. The standard InChI is InChI=1S/C23H24N4O3.ClH/c1-13-19(6-2-14-8-9-30-21(13)14)23(29)26-16-10-17-4-5-18(11-16)27(17)20-7-3-15(12-25-20)22(24)28;/h2-3,6-9,12,16-18H,4-5,10-11H2,1H3,(H2,24,28)(H,26,29);1H/t16-,17+,18-;. The van der Waals surface area contributed by atoms with Gasteiger partial charge in [0.1, 0.15) is 11.4 Å². The van der Waals surface area contributed by atoms with E-state index in [-0.39, 0.29) is 24.4 Å². The number of amides is 2. The second kappa shape index (κ2) is 8.23. The van der Waals surface area contributed by atoms with Gasteiger partial charge in [-0.1, -0.05) is 6.07 Å². The molecule has 2 aliphatic rings. The van der Waals surface area contributed by atoms with E-state index >= 15 is 0 Å². The van der Waals surface area contributed by atoms with Gasteiger partial charge in [0, 0.05) is 40.8 Å². The Hall–Kier alpha value is -3.06. The third-order valence-corrected chi connectivity index (χ3v) is 6.48. The van der Waals surface area contributed by atoms with Crippen molar-refractivity contribution >= 4 is 41.0 Å². The molecule has 162 valence electrons. The van der Waals surface area contributed by atoms with E-state index in [1.165, 1.54) is 0 Å². The highest BCUT2D eigenvalue weighted by Gasteiger charge is 2.41. The monoisotopic (exact) mass is 440 g/mol. The molecular weight excluding hydrogens is 416 g/mol. The molecule has 1 aromatic carbocycles. The number of pyridine rings is 1. The van der Waals surface area contributed by atoms with Gasteiger partial charge in [-0.2, -0.15) is 0 Å². The fraction of sp³-hybridized carbons (Fsp3) is 0.348. The number of carbonyl (C=O) groups is 2. The maximum atomic E-state index is 13.0. The summed E-state index contributed by atoms with van der Waals surface area (Å²) in [5.41, 5.74) is 8.03. The van der Waals surface area contributed by atoms with E-state index in [2.05, 4.69) is 15.2 Å². The van der Waals surface area contributed by atoms with Crippen LogP contribution in [0.4, 0.5) is 5.82 Å². The Balaban J connectivity index is 0.00000231. The van der Waals surface area contributed by atoms with Gasteiger partial charge in [0.15, 0.2) is 0 Å². The Morgan fingerprint density at radius 1 is 1.13 bits per heavy atom. The summed E-state index contributed by atoms with van der Waals surface area (Å²) in [5.74, 6) is 0.352. The Morgan fingerprint density at radius 3 is 2.52 bits per heavy atom. The lowest BCUT2D eigenvalue weighted by Crippen LogP contribution is -2.50. The molecule has 0 unspecified atom stereocenters. The molecular formula is C23H25ClN4O3. The highest BCUT2D eigenvalue weighted by molar-refractivity contribution is 6.00. The molecule has 0 radical (unpaired) electrons. The Kier molecular flexibility index (Phi) is 5.62. The zero-order valence-corrected chi connectivity index (χ0v) is 18.0. The van der Waals surface area contributed by atoms with Crippen molar-refractivity contribution in [3.63, 3.8) is 0 Å². The molecule has 3 atom stereocenters. The fourth-order valence-electron chi connectivity index (χ4n) is 5.04. The molecule has 3 N–H and O–H groups in total. The SMILES string of the molecule is Cc1c(C(=O)N[C@H]2C[C@H]3CC[C@@H](C2)N3c2ccc(C(N)=O)cn2)ccc2ccoc12.Cl. The highest BCUT2D eigenvalue weighted by Crippen LogP contribution is 2.38. The summed E-state index contributed by atoms with van der Waals surface area (Å²) in [6.45, 7) is 1.93. The minimum atomic E-state index is -0.471. The number of hydrogen-bond acceptors (Lipinski definition) is 5. The molecule has 4 heterocycles. The van der Waals surface area contributed by atoms with Crippen LogP contribution in [0.3, 0.4) is 0 Å². The van der Waals surface area contributed by atoms with E-state index in [0.29, 0.717) is 23.2 Å². The topological polar surface area (TPSA) is 101 Å². The average molecular weight is 441 g/mol. The van der Waals surface area contributed by atoms with Crippen LogP contribution < -0.4 is 16.0 Å². The number of nitrogens with one attached hydrogen (secondary N) is 1. The average Bonchev–Trinajstić information content (AvgIpc) is 3.31. The van der Waals surface area contributed by atoms with E-state index < -0.39 is 5.91 Å². The molecule has 2 aromatic heterocycles. The number of hydrogen-bond donors (Lipinski definition) is 2. The summed E-state index contributed by atoms with van der Waals surface area (Å²) in [7, 11) is 0. The number of aromatic nitrogens is 1. The van der Waals surface area contributed by atoms with Crippen molar-refractivity contribution < 1.29 is 14.0 Å². The van der Waals surface area contributed by atoms with Crippen LogP contribution in [-0.2, 0) is 0 Å². The first-order valence-electron chi connectivity index (χ1n) is 10.3. The molecule has 0 spiro atoms. The second-order valence-corrected chi connectivity index (χ2v) is 8.28. The molecule has 2 bridgehead atoms. The van der Waals surface area contributed by atoms with Crippen LogP contribution in [0, 0.1) is 6.92 Å². The predicted molar refractivity (Wildman–Crippen MR) is 121 cm³/mol. The Morgan fingerprint density at radius 2 is 1.87 bits per heavy atom. The smallest absolute Gasteiger partial charge is 0.251 e. The number of benzene rings is 1. The third kappa shape index (κ3) is 3.74. The number of rotatable bonds is 4. The van der Waals surface area contributed by atoms with Crippen molar-refractivity contribution in [3.8, 4) is 0 Å². The third-order valence-electron chi connectivity index (χ3n) is 6.48. The number of fused-ring (bicyclic) bond motifs is 3. The summed E-state index contributed by atoms with van der Waals surface area (Å²) >= 11 is 0. The van der Waals surface area contributed by atoms with Crippen molar-refractivity contribution in [2.45, 2.75) is 50.7 Å². The summed E-state index contributed by atoms with van der Waals surface area (Å²) in [4.78, 5) is 31.1. The number of halogens is 1. The van der Waals surface area contributed by atoms with Gasteiger partial charge >= 0.3 is 0 Å².